The van der Waals surface area contributed by atoms with Gasteiger partial charge >= 0.3 is 0 Å². The number of amides is 3. The van der Waals surface area contributed by atoms with E-state index in [0.717, 1.165) is 22.9 Å². The third-order valence-corrected chi connectivity index (χ3v) is 9.31. The highest BCUT2D eigenvalue weighted by Crippen LogP contribution is 2.38. The zero-order valence-electron chi connectivity index (χ0n) is 30.0. The predicted molar refractivity (Wildman–Crippen MR) is 216 cm³/mol. The van der Waals surface area contributed by atoms with E-state index in [9.17, 15) is 24.5 Å². The maximum Gasteiger partial charge on any atom is 0.285 e. The summed E-state index contributed by atoms with van der Waals surface area (Å²) in [6, 6.07) is 27.7. The molecule has 13 heteroatoms. The molecule has 11 nitrogen and oxygen atoms in total. The van der Waals surface area contributed by atoms with Crippen LogP contribution >= 0.6 is 23.4 Å². The molecule has 3 amide bonds. The summed E-state index contributed by atoms with van der Waals surface area (Å²) in [7, 11) is 0. The number of amidine groups is 1. The van der Waals surface area contributed by atoms with Gasteiger partial charge in [-0.05, 0) is 72.5 Å². The number of nitro benzene ring substituents is 1. The number of nitro groups is 1. The normalized spacial score (nSPS) is 14.0. The van der Waals surface area contributed by atoms with Gasteiger partial charge in [0.25, 0.3) is 17.5 Å². The van der Waals surface area contributed by atoms with Crippen LogP contribution in [-0.2, 0) is 21.0 Å². The van der Waals surface area contributed by atoms with E-state index in [1.807, 2.05) is 60.7 Å². The van der Waals surface area contributed by atoms with Crippen molar-refractivity contribution < 1.29 is 28.8 Å². The maximum absolute atomic E-state index is 14.2. The van der Waals surface area contributed by atoms with Gasteiger partial charge in [-0.2, -0.15) is 4.99 Å². The summed E-state index contributed by atoms with van der Waals surface area (Å²) in [6.45, 7) is 7.53. The lowest BCUT2D eigenvalue weighted by Crippen LogP contribution is -2.42. The minimum absolute atomic E-state index is 0.0307. The smallest absolute Gasteiger partial charge is 0.285 e. The lowest BCUT2D eigenvalue weighted by atomic mass is 9.99. The van der Waals surface area contributed by atoms with Crippen molar-refractivity contribution in [1.82, 2.24) is 10.2 Å². The number of carbonyl (C=O) groups is 3. The molecule has 0 radical (unpaired) electrons. The summed E-state index contributed by atoms with van der Waals surface area (Å²) in [5.74, 6) is -1.45. The zero-order chi connectivity index (χ0) is 39.3. The number of hydrogen-bond donors (Lipinski definition) is 1. The average Bonchev–Trinajstić information content (AvgIpc) is 3.19. The molecule has 55 heavy (non-hydrogen) atoms. The third kappa shape index (κ3) is 10.3. The molecule has 0 spiro atoms. The minimum Gasteiger partial charge on any atom is -0.490 e. The first kappa shape index (κ1) is 40.0. The average molecular weight is 777 g/mol. The van der Waals surface area contributed by atoms with Gasteiger partial charge in [-0.1, -0.05) is 109 Å². The molecule has 1 heterocycles. The Morgan fingerprint density at radius 3 is 2.25 bits per heavy atom. The Balaban J connectivity index is 1.41. The zero-order valence-corrected chi connectivity index (χ0v) is 31.6. The van der Waals surface area contributed by atoms with E-state index >= 15 is 0 Å². The van der Waals surface area contributed by atoms with E-state index in [0.29, 0.717) is 16.8 Å². The van der Waals surface area contributed by atoms with Crippen molar-refractivity contribution in [3.63, 3.8) is 0 Å². The van der Waals surface area contributed by atoms with Crippen molar-refractivity contribution in [1.29, 1.82) is 0 Å². The highest BCUT2D eigenvalue weighted by Gasteiger charge is 2.35. The number of nitrogens with one attached hydrogen (secondary N) is 1. The first-order chi connectivity index (χ1) is 26.6. The predicted octanol–water partition coefficient (Wildman–Crippen LogP) is 8.62. The van der Waals surface area contributed by atoms with E-state index in [4.69, 9.17) is 21.1 Å². The van der Waals surface area contributed by atoms with Crippen molar-refractivity contribution in [2.24, 2.45) is 4.99 Å². The molecule has 0 bridgehead atoms. The Hall–Kier alpha value is -6.24. The molecule has 5 rings (SSSR count). The minimum atomic E-state index is -0.800. The van der Waals surface area contributed by atoms with Crippen LogP contribution in [0.2, 0.25) is 5.02 Å². The summed E-state index contributed by atoms with van der Waals surface area (Å²) < 4.78 is 11.8. The van der Waals surface area contributed by atoms with Gasteiger partial charge in [0.15, 0.2) is 16.7 Å². The van der Waals surface area contributed by atoms with Crippen LogP contribution in [-0.4, -0.2) is 45.1 Å². The first-order valence-corrected chi connectivity index (χ1v) is 18.5. The van der Waals surface area contributed by atoms with Gasteiger partial charge in [-0.3, -0.25) is 29.4 Å². The second-order valence-electron chi connectivity index (χ2n) is 11.8. The third-order valence-electron chi connectivity index (χ3n) is 8.09. The van der Waals surface area contributed by atoms with Gasteiger partial charge in [0.1, 0.15) is 12.2 Å². The van der Waals surface area contributed by atoms with E-state index < -0.39 is 22.8 Å². The molecule has 0 unspecified atom stereocenters. The monoisotopic (exact) mass is 776 g/mol. The topological polar surface area (TPSA) is 140 Å². The molecular formula is C42H37ClN4O7S. The van der Waals surface area contributed by atoms with Crippen LogP contribution in [0.5, 0.6) is 11.5 Å². The second-order valence-corrected chi connectivity index (χ2v) is 13.1. The van der Waals surface area contributed by atoms with Crippen LogP contribution in [0.15, 0.2) is 144 Å². The van der Waals surface area contributed by atoms with Crippen molar-refractivity contribution in [2.75, 3.05) is 12.4 Å². The van der Waals surface area contributed by atoms with Gasteiger partial charge in [0, 0.05) is 17.8 Å². The first-order valence-electron chi connectivity index (χ1n) is 17.1. The molecular weight excluding hydrogens is 740 g/mol. The molecule has 4 aromatic carbocycles. The Kier molecular flexibility index (Phi) is 13.9. The van der Waals surface area contributed by atoms with E-state index in [-0.39, 0.29) is 57.8 Å². The number of thioether (sulfide) groups is 1. The second kappa shape index (κ2) is 19.2. The molecule has 1 N–H and O–H groups in total. The number of aliphatic imine (C=N–C) groups is 1. The molecule has 4 aromatic rings. The summed E-state index contributed by atoms with van der Waals surface area (Å²) in [5.41, 5.74) is 2.94. The Labute approximate surface area is 327 Å². The van der Waals surface area contributed by atoms with Crippen LogP contribution in [0.1, 0.15) is 42.1 Å². The van der Waals surface area contributed by atoms with E-state index in [1.54, 1.807) is 56.4 Å². The molecule has 280 valence electrons. The standard InChI is InChI=1S/C42H37ClN4O7S/c1-4-7-18-32(5-2)46-41(50)34(23-29-24-35(43)39(36(25-29)53-6-3)54-26-28-19-21-33(22-20-28)47(51)52)40(49)45-42(46)55-27-37(48)44-38(30-14-10-8-11-15-30)31-16-12-9-13-17-31/h4-5,7-25,38H,1,6,26-27H2,2-3H3,(H,44,48)/b18-7-,32-5+,34-23+. The summed E-state index contributed by atoms with van der Waals surface area (Å²) in [5, 5.41) is 14.3. The van der Waals surface area contributed by atoms with Gasteiger partial charge in [0.2, 0.25) is 5.91 Å². The van der Waals surface area contributed by atoms with Crippen LogP contribution in [0.3, 0.4) is 0 Å². The quantitative estimate of drug-likeness (QED) is 0.0416. The van der Waals surface area contributed by atoms with Crippen LogP contribution < -0.4 is 14.8 Å². The number of allylic oxidation sites excluding steroid dienone is 4. The highest BCUT2D eigenvalue weighted by molar-refractivity contribution is 8.14. The SMILES string of the molecule is C=C/C=C\C(=C/C)N1C(=O)/C(=C/c2cc(Cl)c(OCc3ccc([N+](=O)[O-])cc3)c(OCC)c2)C(=O)N=C1SCC(=O)NC(c1ccccc1)c1ccccc1. The number of benzene rings is 4. The van der Waals surface area contributed by atoms with Crippen LogP contribution in [0.4, 0.5) is 5.69 Å². The highest BCUT2D eigenvalue weighted by atomic mass is 35.5. The summed E-state index contributed by atoms with van der Waals surface area (Å²) in [4.78, 5) is 57.3. The molecule has 0 fully saturated rings. The van der Waals surface area contributed by atoms with Gasteiger partial charge in [-0.15, -0.1) is 0 Å². The number of ether oxygens (including phenoxy) is 2. The Bertz CT molecular complexity index is 2150. The number of non-ortho nitro benzene ring substituents is 1. The summed E-state index contributed by atoms with van der Waals surface area (Å²) in [6.07, 6.45) is 7.90. The maximum atomic E-state index is 14.2. The van der Waals surface area contributed by atoms with Crippen molar-refractivity contribution in [3.8, 4) is 11.5 Å². The fourth-order valence-electron chi connectivity index (χ4n) is 5.50. The Morgan fingerprint density at radius 1 is 1.02 bits per heavy atom. The lowest BCUT2D eigenvalue weighted by Gasteiger charge is -2.28. The fourth-order valence-corrected chi connectivity index (χ4v) is 6.59. The molecule has 0 aromatic heterocycles. The van der Waals surface area contributed by atoms with Gasteiger partial charge < -0.3 is 14.8 Å². The number of halogens is 1. The number of hydrogen-bond acceptors (Lipinski definition) is 8. The van der Waals surface area contributed by atoms with Crippen molar-refractivity contribution >= 4 is 58.0 Å². The summed E-state index contributed by atoms with van der Waals surface area (Å²) >= 11 is 7.62. The van der Waals surface area contributed by atoms with E-state index in [2.05, 4.69) is 16.9 Å². The molecule has 1 aliphatic heterocycles. The molecule has 0 aliphatic carbocycles. The lowest BCUT2D eigenvalue weighted by molar-refractivity contribution is -0.384. The number of nitrogens with zero attached hydrogens (tertiary/aromatic N) is 3. The number of rotatable bonds is 15. The van der Waals surface area contributed by atoms with Crippen LogP contribution in [0.25, 0.3) is 6.08 Å². The van der Waals surface area contributed by atoms with Gasteiger partial charge in [-0.25, -0.2) is 0 Å². The fraction of sp³-hybridized carbons (Fsp3) is 0.143. The molecule has 1 aliphatic rings. The molecule has 0 saturated carbocycles. The van der Waals surface area contributed by atoms with Crippen LogP contribution in [0, 0.1) is 10.1 Å². The van der Waals surface area contributed by atoms with E-state index in [1.165, 1.54) is 29.2 Å². The number of carbonyl (C=O) groups excluding carboxylic acids is 3. The van der Waals surface area contributed by atoms with Crippen molar-refractivity contribution in [2.45, 2.75) is 26.5 Å². The molecule has 0 atom stereocenters. The largest absolute Gasteiger partial charge is 0.490 e. The van der Waals surface area contributed by atoms with Crippen molar-refractivity contribution in [3.05, 3.63) is 177 Å². The molecule has 0 saturated heterocycles. The Morgan fingerprint density at radius 2 is 1.67 bits per heavy atom. The van der Waals surface area contributed by atoms with Gasteiger partial charge in [0.05, 0.1) is 28.3 Å².